The molecule has 0 saturated carbocycles. The molecule has 3 aromatic rings. The van der Waals surface area contributed by atoms with Crippen LogP contribution in [-0.4, -0.2) is 50.9 Å². The van der Waals surface area contributed by atoms with Crippen LogP contribution in [0.1, 0.15) is 38.1 Å². The fourth-order valence-corrected chi connectivity index (χ4v) is 5.29. The van der Waals surface area contributed by atoms with Crippen LogP contribution in [0.3, 0.4) is 0 Å². The topological polar surface area (TPSA) is 105 Å². The monoisotopic (exact) mass is 534 g/mol. The fraction of sp³-hybridized carbons (Fsp3) is 0.320. The zero-order valence-electron chi connectivity index (χ0n) is 20.3. The van der Waals surface area contributed by atoms with Crippen molar-refractivity contribution in [3.8, 4) is 11.1 Å². The second-order valence-corrected chi connectivity index (χ2v) is 11.4. The molecule has 2 aromatic heterocycles. The lowest BCUT2D eigenvalue weighted by Crippen LogP contribution is -2.43. The molecule has 1 aromatic carbocycles. The Hall–Kier alpha value is -3.51. The van der Waals surface area contributed by atoms with Gasteiger partial charge in [-0.25, -0.2) is 21.6 Å². The predicted molar refractivity (Wildman–Crippen MR) is 129 cm³/mol. The highest BCUT2D eigenvalue weighted by Crippen LogP contribution is 2.27. The predicted octanol–water partition coefficient (Wildman–Crippen LogP) is 3.49. The van der Waals surface area contributed by atoms with E-state index in [0.717, 1.165) is 17.5 Å². The number of benzene rings is 1. The molecule has 0 bridgehead atoms. The van der Waals surface area contributed by atoms with E-state index in [-0.39, 0.29) is 23.4 Å². The van der Waals surface area contributed by atoms with Crippen LogP contribution in [0, 0.1) is 17.5 Å². The average molecular weight is 535 g/mol. The van der Waals surface area contributed by atoms with E-state index in [0.29, 0.717) is 11.3 Å². The second-order valence-electron chi connectivity index (χ2n) is 9.44. The third-order valence-electron chi connectivity index (χ3n) is 6.07. The molecule has 196 valence electrons. The average Bonchev–Trinajstić information content (AvgIpc) is 3.46. The summed E-state index contributed by atoms with van der Waals surface area (Å²) in [6.45, 7) is 4.73. The minimum absolute atomic E-state index is 0.0296. The highest BCUT2D eigenvalue weighted by molar-refractivity contribution is 7.94. The minimum atomic E-state index is -3.48. The van der Waals surface area contributed by atoms with Crippen molar-refractivity contribution in [2.45, 2.75) is 45.0 Å². The van der Waals surface area contributed by atoms with Gasteiger partial charge in [0.05, 0.1) is 23.7 Å². The minimum Gasteiger partial charge on any atom is -0.384 e. The van der Waals surface area contributed by atoms with E-state index in [4.69, 9.17) is 0 Å². The number of halogens is 3. The van der Waals surface area contributed by atoms with Crippen molar-refractivity contribution >= 4 is 15.7 Å². The Kier molecular flexibility index (Phi) is 6.99. The Morgan fingerprint density at radius 2 is 1.89 bits per heavy atom. The molecule has 2 atom stereocenters. The smallest absolute Gasteiger partial charge is 0.247 e. The molecule has 8 nitrogen and oxygen atoms in total. The van der Waals surface area contributed by atoms with Crippen molar-refractivity contribution in [2.24, 2.45) is 0 Å². The SMILES string of the molecule is CC(C(=O)N(Cc1ccnc(C(C)(C)O)c1)[C@@H]1C=CS(=O)(=O)C1)n1cc(-c2cc(F)c(F)c(F)c2)cn1. The van der Waals surface area contributed by atoms with Gasteiger partial charge < -0.3 is 10.0 Å². The van der Waals surface area contributed by atoms with E-state index in [2.05, 4.69) is 10.1 Å². The lowest BCUT2D eigenvalue weighted by atomic mass is 10.0. The van der Waals surface area contributed by atoms with Gasteiger partial charge in [0.25, 0.3) is 0 Å². The second kappa shape index (κ2) is 9.75. The maximum Gasteiger partial charge on any atom is 0.247 e. The first-order valence-corrected chi connectivity index (χ1v) is 13.0. The summed E-state index contributed by atoms with van der Waals surface area (Å²) in [6.07, 6.45) is 5.62. The summed E-state index contributed by atoms with van der Waals surface area (Å²) in [5.41, 5.74) is 0.0926. The Morgan fingerprint density at radius 1 is 1.22 bits per heavy atom. The molecule has 0 fully saturated rings. The van der Waals surface area contributed by atoms with Crippen LogP contribution in [0.5, 0.6) is 0 Å². The van der Waals surface area contributed by atoms with E-state index < -0.39 is 50.9 Å². The van der Waals surface area contributed by atoms with Crippen molar-refractivity contribution < 1.29 is 31.5 Å². The maximum absolute atomic E-state index is 13.7. The van der Waals surface area contributed by atoms with Gasteiger partial charge in [-0.1, -0.05) is 0 Å². The normalized spacial score (nSPS) is 17.6. The molecule has 1 N–H and O–H groups in total. The Balaban J connectivity index is 1.63. The number of sulfone groups is 1. The number of aliphatic hydroxyl groups is 1. The third kappa shape index (κ3) is 5.75. The lowest BCUT2D eigenvalue weighted by molar-refractivity contribution is -0.136. The molecule has 0 radical (unpaired) electrons. The van der Waals surface area contributed by atoms with Gasteiger partial charge in [0.15, 0.2) is 27.3 Å². The van der Waals surface area contributed by atoms with E-state index >= 15 is 0 Å². The molecule has 0 spiro atoms. The third-order valence-corrected chi connectivity index (χ3v) is 7.45. The van der Waals surface area contributed by atoms with Gasteiger partial charge in [-0.2, -0.15) is 5.10 Å². The number of rotatable bonds is 7. The van der Waals surface area contributed by atoms with Gasteiger partial charge in [-0.15, -0.1) is 0 Å². The van der Waals surface area contributed by atoms with Gasteiger partial charge >= 0.3 is 0 Å². The van der Waals surface area contributed by atoms with Crippen molar-refractivity contribution in [3.05, 3.63) is 83.0 Å². The standard InChI is InChI=1S/C25H25F3N4O4S/c1-15(32-13-18(11-30-32)17-9-20(26)23(28)21(27)10-17)24(33)31(19-5-7-37(35,36)14-19)12-16-4-6-29-22(8-16)25(2,3)34/h4-11,13,15,19,34H,12,14H2,1-3H3/t15?,19-/m1/s1. The lowest BCUT2D eigenvalue weighted by Gasteiger charge is -2.30. The zero-order chi connectivity index (χ0) is 27.1. The Bertz CT molecular complexity index is 1460. The largest absolute Gasteiger partial charge is 0.384 e. The van der Waals surface area contributed by atoms with Crippen LogP contribution in [0.4, 0.5) is 13.2 Å². The van der Waals surface area contributed by atoms with Crippen LogP contribution in [0.25, 0.3) is 11.1 Å². The molecule has 1 aliphatic rings. The Morgan fingerprint density at radius 3 is 2.49 bits per heavy atom. The molecule has 4 rings (SSSR count). The first kappa shape index (κ1) is 26.6. The number of hydrogen-bond donors (Lipinski definition) is 1. The molecule has 12 heteroatoms. The molecule has 0 aliphatic carbocycles. The number of hydrogen-bond acceptors (Lipinski definition) is 6. The molecule has 1 aliphatic heterocycles. The molecule has 37 heavy (non-hydrogen) atoms. The van der Waals surface area contributed by atoms with Crippen LogP contribution >= 0.6 is 0 Å². The highest BCUT2D eigenvalue weighted by Gasteiger charge is 2.33. The first-order valence-electron chi connectivity index (χ1n) is 11.3. The van der Waals surface area contributed by atoms with E-state index in [1.807, 2.05) is 0 Å². The molecular formula is C25H25F3N4O4S. The van der Waals surface area contributed by atoms with Crippen LogP contribution in [0.15, 0.2) is 54.3 Å². The maximum atomic E-state index is 13.7. The molecule has 3 heterocycles. The summed E-state index contributed by atoms with van der Waals surface area (Å²) in [4.78, 5) is 19.2. The van der Waals surface area contributed by atoms with Crippen LogP contribution in [0.2, 0.25) is 0 Å². The van der Waals surface area contributed by atoms with Gasteiger partial charge in [0.1, 0.15) is 11.6 Å². The zero-order valence-corrected chi connectivity index (χ0v) is 21.1. The van der Waals surface area contributed by atoms with E-state index in [1.54, 1.807) is 32.9 Å². The van der Waals surface area contributed by atoms with Crippen molar-refractivity contribution in [2.75, 3.05) is 5.75 Å². The summed E-state index contributed by atoms with van der Waals surface area (Å²) in [6, 6.07) is 3.30. The number of nitrogens with zero attached hydrogens (tertiary/aromatic N) is 4. The first-order chi connectivity index (χ1) is 17.2. The van der Waals surface area contributed by atoms with Crippen LogP contribution in [-0.2, 0) is 26.8 Å². The fourth-order valence-electron chi connectivity index (χ4n) is 3.99. The summed E-state index contributed by atoms with van der Waals surface area (Å²) in [5, 5.41) is 15.5. The van der Waals surface area contributed by atoms with Crippen molar-refractivity contribution in [1.29, 1.82) is 0 Å². The summed E-state index contributed by atoms with van der Waals surface area (Å²) in [5.74, 6) is -5.03. The summed E-state index contributed by atoms with van der Waals surface area (Å²) < 4.78 is 66.2. The van der Waals surface area contributed by atoms with E-state index in [1.165, 1.54) is 34.2 Å². The quantitative estimate of drug-likeness (QED) is 0.466. The number of pyridine rings is 1. The highest BCUT2D eigenvalue weighted by atomic mass is 32.2. The summed E-state index contributed by atoms with van der Waals surface area (Å²) in [7, 11) is -3.48. The van der Waals surface area contributed by atoms with Crippen molar-refractivity contribution in [1.82, 2.24) is 19.7 Å². The number of carbonyl (C=O) groups excluding carboxylic acids is 1. The van der Waals surface area contributed by atoms with Gasteiger partial charge in [0, 0.05) is 29.9 Å². The van der Waals surface area contributed by atoms with Gasteiger partial charge in [-0.05, 0) is 62.2 Å². The molecule has 0 saturated heterocycles. The summed E-state index contributed by atoms with van der Waals surface area (Å²) >= 11 is 0. The molecule has 1 unspecified atom stereocenters. The van der Waals surface area contributed by atoms with Gasteiger partial charge in [0.2, 0.25) is 5.91 Å². The molecule has 1 amide bonds. The van der Waals surface area contributed by atoms with Crippen molar-refractivity contribution in [3.63, 3.8) is 0 Å². The number of carbonyl (C=O) groups is 1. The van der Waals surface area contributed by atoms with Gasteiger partial charge in [-0.3, -0.25) is 14.5 Å². The number of amides is 1. The molecular weight excluding hydrogens is 509 g/mol. The number of aromatic nitrogens is 3. The Labute approximate surface area is 212 Å². The van der Waals surface area contributed by atoms with E-state index in [9.17, 15) is 31.5 Å². The van der Waals surface area contributed by atoms with Crippen LogP contribution < -0.4 is 0 Å².